The second kappa shape index (κ2) is 9.38. The van der Waals surface area contributed by atoms with Gasteiger partial charge in [0.1, 0.15) is 11.4 Å². The van der Waals surface area contributed by atoms with E-state index in [2.05, 4.69) is 10.3 Å². The summed E-state index contributed by atoms with van der Waals surface area (Å²) in [7, 11) is 1.73. The second-order valence-corrected chi connectivity index (χ2v) is 8.11. The third-order valence-electron chi connectivity index (χ3n) is 5.86. The number of carbonyl (C=O) groups excluding carboxylic acids is 2. The van der Waals surface area contributed by atoms with Crippen LogP contribution in [0, 0.1) is 6.92 Å². The fourth-order valence-corrected chi connectivity index (χ4v) is 3.99. The quantitative estimate of drug-likeness (QED) is 0.365. The number of hydrogen-bond acceptors (Lipinski definition) is 6. The first-order valence-electron chi connectivity index (χ1n) is 11.2. The van der Waals surface area contributed by atoms with Crippen molar-refractivity contribution in [1.82, 2.24) is 14.3 Å². The third-order valence-corrected chi connectivity index (χ3v) is 5.86. The third kappa shape index (κ3) is 4.18. The Morgan fingerprint density at radius 2 is 1.78 bits per heavy atom. The van der Waals surface area contributed by atoms with E-state index >= 15 is 0 Å². The fraction of sp³-hybridized carbons (Fsp3) is 0.111. The van der Waals surface area contributed by atoms with Gasteiger partial charge in [-0.25, -0.2) is 14.5 Å². The molecule has 0 bridgehead atoms. The van der Waals surface area contributed by atoms with Crippen molar-refractivity contribution in [2.24, 2.45) is 7.05 Å². The van der Waals surface area contributed by atoms with Gasteiger partial charge in [-0.1, -0.05) is 36.4 Å². The predicted octanol–water partition coefficient (Wildman–Crippen LogP) is 4.09. The van der Waals surface area contributed by atoms with E-state index in [1.54, 1.807) is 67.2 Å². The molecule has 3 heterocycles. The summed E-state index contributed by atoms with van der Waals surface area (Å²) in [6, 6.07) is 21.3. The first-order chi connectivity index (χ1) is 17.4. The number of pyridine rings is 1. The molecule has 36 heavy (non-hydrogen) atoms. The van der Waals surface area contributed by atoms with Crippen molar-refractivity contribution in [1.29, 1.82) is 0 Å². The number of nitrogens with zero attached hydrogens (tertiary/aromatic N) is 3. The van der Waals surface area contributed by atoms with Crippen LogP contribution >= 0.6 is 0 Å². The minimum absolute atomic E-state index is 0.122. The second-order valence-electron chi connectivity index (χ2n) is 8.11. The van der Waals surface area contributed by atoms with E-state index in [0.717, 1.165) is 0 Å². The van der Waals surface area contributed by atoms with Gasteiger partial charge >= 0.3 is 5.97 Å². The molecule has 0 saturated carbocycles. The van der Waals surface area contributed by atoms with Gasteiger partial charge in [0.15, 0.2) is 12.4 Å². The molecule has 0 aliphatic heterocycles. The number of aromatic nitrogens is 3. The van der Waals surface area contributed by atoms with E-state index in [1.165, 1.54) is 10.9 Å². The zero-order valence-corrected chi connectivity index (χ0v) is 19.6. The highest BCUT2D eigenvalue weighted by atomic mass is 16.5. The fourth-order valence-electron chi connectivity index (χ4n) is 3.99. The van der Waals surface area contributed by atoms with E-state index < -0.39 is 18.5 Å². The number of amides is 1. The van der Waals surface area contributed by atoms with E-state index in [9.17, 15) is 14.4 Å². The van der Waals surface area contributed by atoms with E-state index in [-0.39, 0.29) is 16.8 Å². The van der Waals surface area contributed by atoms with E-state index in [1.807, 2.05) is 24.3 Å². The van der Waals surface area contributed by atoms with Crippen molar-refractivity contribution in [2.45, 2.75) is 6.92 Å². The summed E-state index contributed by atoms with van der Waals surface area (Å²) >= 11 is 0. The number of fused-ring (bicyclic) bond motifs is 1. The summed E-state index contributed by atoms with van der Waals surface area (Å²) in [5, 5.41) is 3.18. The van der Waals surface area contributed by atoms with Crippen molar-refractivity contribution >= 4 is 28.5 Å². The van der Waals surface area contributed by atoms with Crippen molar-refractivity contribution in [3.8, 4) is 17.1 Å². The van der Waals surface area contributed by atoms with Crippen LogP contribution < -0.4 is 10.9 Å². The molecule has 9 heteroatoms. The van der Waals surface area contributed by atoms with Crippen LogP contribution in [0.1, 0.15) is 16.1 Å². The average molecular weight is 482 g/mol. The summed E-state index contributed by atoms with van der Waals surface area (Å²) in [6.45, 7) is 1.16. The summed E-state index contributed by atoms with van der Waals surface area (Å²) in [5.41, 5.74) is 2.27. The molecular weight excluding hydrogens is 460 g/mol. The molecule has 9 nitrogen and oxygen atoms in total. The minimum atomic E-state index is -0.692. The van der Waals surface area contributed by atoms with Crippen LogP contribution in [-0.4, -0.2) is 32.8 Å². The van der Waals surface area contributed by atoms with Crippen LogP contribution in [0.4, 0.5) is 5.69 Å². The molecule has 0 unspecified atom stereocenters. The number of furan rings is 1. The number of esters is 1. The number of para-hydroxylation sites is 2. The van der Waals surface area contributed by atoms with Gasteiger partial charge in [-0.15, -0.1) is 0 Å². The maximum atomic E-state index is 13.0. The number of hydrogen-bond donors (Lipinski definition) is 1. The lowest BCUT2D eigenvalue weighted by molar-refractivity contribution is -0.119. The zero-order chi connectivity index (χ0) is 25.2. The van der Waals surface area contributed by atoms with Crippen molar-refractivity contribution in [3.63, 3.8) is 0 Å². The molecule has 0 radical (unpaired) electrons. The molecule has 2 aromatic carbocycles. The van der Waals surface area contributed by atoms with Crippen LogP contribution in [0.5, 0.6) is 0 Å². The van der Waals surface area contributed by atoms with Crippen molar-refractivity contribution in [2.75, 3.05) is 11.9 Å². The smallest absolute Gasteiger partial charge is 0.339 e. The summed E-state index contributed by atoms with van der Waals surface area (Å²) in [5.74, 6) is -0.816. The van der Waals surface area contributed by atoms with Gasteiger partial charge in [-0.3, -0.25) is 14.3 Å². The monoisotopic (exact) mass is 482 g/mol. The van der Waals surface area contributed by atoms with E-state index in [4.69, 9.17) is 9.15 Å². The Hall–Kier alpha value is -4.92. The van der Waals surface area contributed by atoms with E-state index in [0.29, 0.717) is 33.7 Å². The number of anilines is 1. The van der Waals surface area contributed by atoms with Crippen molar-refractivity contribution < 1.29 is 18.7 Å². The van der Waals surface area contributed by atoms with Gasteiger partial charge in [0.25, 0.3) is 11.5 Å². The predicted molar refractivity (Wildman–Crippen MR) is 134 cm³/mol. The first kappa shape index (κ1) is 22.9. The van der Waals surface area contributed by atoms with Gasteiger partial charge in [0.05, 0.1) is 28.7 Å². The Balaban J connectivity index is 1.36. The SMILES string of the molecule is Cc1c(NC(=O)COC(=O)c2cc(-c3ccco3)nc3ccccc23)c(=O)n(-c2ccccc2)n1C. The normalized spacial score (nSPS) is 10.9. The molecule has 180 valence electrons. The maximum absolute atomic E-state index is 13.0. The highest BCUT2D eigenvalue weighted by molar-refractivity contribution is 6.05. The molecule has 5 rings (SSSR count). The van der Waals surface area contributed by atoms with Gasteiger partial charge in [0.2, 0.25) is 0 Å². The molecule has 5 aromatic rings. The Labute approximate surface area is 205 Å². The Morgan fingerprint density at radius 3 is 2.53 bits per heavy atom. The first-order valence-corrected chi connectivity index (χ1v) is 11.2. The van der Waals surface area contributed by atoms with Gasteiger partial charge in [0, 0.05) is 12.4 Å². The Morgan fingerprint density at radius 1 is 1.03 bits per heavy atom. The van der Waals surface area contributed by atoms with Crippen LogP contribution in [0.3, 0.4) is 0 Å². The molecular formula is C27H22N4O5. The molecule has 0 fully saturated rings. The van der Waals surface area contributed by atoms with Gasteiger partial charge in [-0.05, 0) is 43.3 Å². The molecule has 0 aliphatic rings. The minimum Gasteiger partial charge on any atom is -0.463 e. The van der Waals surface area contributed by atoms with Crippen molar-refractivity contribution in [3.05, 3.63) is 101 Å². The van der Waals surface area contributed by atoms with Crippen LogP contribution in [-0.2, 0) is 16.6 Å². The Bertz CT molecular complexity index is 1630. The Kier molecular flexibility index (Phi) is 5.95. The summed E-state index contributed by atoms with van der Waals surface area (Å²) in [6.07, 6.45) is 1.52. The highest BCUT2D eigenvalue weighted by Crippen LogP contribution is 2.25. The molecule has 0 saturated heterocycles. The number of benzene rings is 2. The van der Waals surface area contributed by atoms with Gasteiger partial charge < -0.3 is 14.5 Å². The number of nitrogens with one attached hydrogen (secondary N) is 1. The zero-order valence-electron chi connectivity index (χ0n) is 19.6. The number of carbonyl (C=O) groups is 2. The van der Waals surface area contributed by atoms with Crippen LogP contribution in [0.15, 0.2) is 88.3 Å². The molecule has 1 amide bonds. The lowest BCUT2D eigenvalue weighted by Crippen LogP contribution is -2.26. The molecule has 0 aliphatic carbocycles. The summed E-state index contributed by atoms with van der Waals surface area (Å²) in [4.78, 5) is 43.2. The molecule has 1 N–H and O–H groups in total. The van der Waals surface area contributed by atoms with Gasteiger partial charge in [-0.2, -0.15) is 0 Å². The largest absolute Gasteiger partial charge is 0.463 e. The van der Waals surface area contributed by atoms with Crippen LogP contribution in [0.25, 0.3) is 28.0 Å². The molecule has 3 aromatic heterocycles. The summed E-state index contributed by atoms with van der Waals surface area (Å²) < 4.78 is 13.8. The lowest BCUT2D eigenvalue weighted by Gasteiger charge is -2.09. The average Bonchev–Trinajstić information content (AvgIpc) is 3.51. The lowest BCUT2D eigenvalue weighted by atomic mass is 10.1. The maximum Gasteiger partial charge on any atom is 0.339 e. The molecule has 0 spiro atoms. The standard InChI is InChI=1S/C27H22N4O5/c1-17-25(26(33)31(30(17)2)18-9-4-3-5-10-18)29-24(32)16-36-27(34)20-15-22(23-13-8-14-35-23)28-21-12-7-6-11-19(20)21/h3-15H,16H2,1-2H3,(H,29,32). The number of ether oxygens (including phenoxy) is 1. The number of rotatable bonds is 6. The highest BCUT2D eigenvalue weighted by Gasteiger charge is 2.20. The van der Waals surface area contributed by atoms with Crippen LogP contribution in [0.2, 0.25) is 0 Å². The molecule has 0 atom stereocenters. The topological polar surface area (TPSA) is 108 Å².